The zero-order valence-electron chi connectivity index (χ0n) is 9.56. The monoisotopic (exact) mass is 244 g/mol. The highest BCUT2D eigenvalue weighted by Crippen LogP contribution is 2.39. The minimum atomic E-state index is -0.0108. The lowest BCUT2D eigenvalue weighted by Crippen LogP contribution is -2.18. The molecular formula is C11H12N6O. The Bertz CT molecular complexity index is 601. The van der Waals surface area contributed by atoms with Crippen LogP contribution in [0.1, 0.15) is 30.0 Å². The van der Waals surface area contributed by atoms with Crippen LogP contribution in [0.5, 0.6) is 0 Å². The van der Waals surface area contributed by atoms with Crippen molar-refractivity contribution in [1.82, 2.24) is 20.0 Å². The summed E-state index contributed by atoms with van der Waals surface area (Å²) in [7, 11) is 0. The van der Waals surface area contributed by atoms with Crippen molar-refractivity contribution >= 4 is 5.84 Å². The van der Waals surface area contributed by atoms with Crippen LogP contribution in [0, 0.1) is 0 Å². The van der Waals surface area contributed by atoms with E-state index in [1.807, 2.05) is 12.3 Å². The third-order valence-electron chi connectivity index (χ3n) is 2.91. The molecule has 0 bridgehead atoms. The van der Waals surface area contributed by atoms with E-state index in [-0.39, 0.29) is 5.84 Å². The maximum Gasteiger partial charge on any atom is 0.186 e. The highest BCUT2D eigenvalue weighted by Gasteiger charge is 2.26. The van der Waals surface area contributed by atoms with E-state index in [2.05, 4.69) is 20.5 Å². The van der Waals surface area contributed by atoms with Crippen LogP contribution in [0.4, 0.5) is 0 Å². The highest BCUT2D eigenvalue weighted by atomic mass is 16.4. The minimum Gasteiger partial charge on any atom is -0.409 e. The second-order valence-electron chi connectivity index (χ2n) is 4.21. The van der Waals surface area contributed by atoms with Gasteiger partial charge in [-0.15, -0.1) is 5.10 Å². The van der Waals surface area contributed by atoms with E-state index in [9.17, 15) is 0 Å². The topological polar surface area (TPSA) is 102 Å². The third kappa shape index (κ3) is 1.79. The number of hydrogen-bond acceptors (Lipinski definition) is 5. The van der Waals surface area contributed by atoms with Crippen LogP contribution in [0.3, 0.4) is 0 Å². The first-order valence-electron chi connectivity index (χ1n) is 5.65. The van der Waals surface area contributed by atoms with Crippen molar-refractivity contribution in [3.05, 3.63) is 35.8 Å². The maximum absolute atomic E-state index is 8.75. The zero-order valence-corrected chi connectivity index (χ0v) is 9.56. The molecule has 0 amide bonds. The molecule has 1 aliphatic rings. The van der Waals surface area contributed by atoms with Gasteiger partial charge in [-0.1, -0.05) is 5.16 Å². The van der Waals surface area contributed by atoms with E-state index in [4.69, 9.17) is 10.9 Å². The largest absolute Gasteiger partial charge is 0.409 e. The first kappa shape index (κ1) is 10.7. The van der Waals surface area contributed by atoms with Gasteiger partial charge in [0.15, 0.2) is 11.7 Å². The van der Waals surface area contributed by atoms with E-state index in [1.54, 1.807) is 10.7 Å². The second-order valence-corrected chi connectivity index (χ2v) is 4.21. The summed E-state index contributed by atoms with van der Waals surface area (Å²) in [4.78, 5) is 0. The molecule has 0 atom stereocenters. The molecule has 3 N–H and O–H groups in total. The molecule has 2 heterocycles. The van der Waals surface area contributed by atoms with Gasteiger partial charge in [-0.25, -0.2) is 4.68 Å². The number of rotatable bonds is 3. The summed E-state index contributed by atoms with van der Waals surface area (Å²) in [6, 6.07) is 3.60. The van der Waals surface area contributed by atoms with Gasteiger partial charge in [0.1, 0.15) is 0 Å². The van der Waals surface area contributed by atoms with E-state index >= 15 is 0 Å². The van der Waals surface area contributed by atoms with Crippen LogP contribution in [0.15, 0.2) is 29.7 Å². The Hall–Kier alpha value is -2.44. The number of amidine groups is 1. The van der Waals surface area contributed by atoms with Crippen molar-refractivity contribution in [2.75, 3.05) is 0 Å². The van der Waals surface area contributed by atoms with E-state index in [0.29, 0.717) is 17.3 Å². The summed E-state index contributed by atoms with van der Waals surface area (Å²) in [5, 5.41) is 24.0. The lowest BCUT2D eigenvalue weighted by Gasteiger charge is -2.05. The summed E-state index contributed by atoms with van der Waals surface area (Å²) in [5.74, 6) is 1.01. The summed E-state index contributed by atoms with van der Waals surface area (Å²) in [6.07, 6.45) is 5.67. The Morgan fingerprint density at radius 2 is 2.28 bits per heavy atom. The average Bonchev–Trinajstić information content (AvgIpc) is 3.16. The van der Waals surface area contributed by atoms with Gasteiger partial charge in [0.25, 0.3) is 0 Å². The van der Waals surface area contributed by atoms with Gasteiger partial charge < -0.3 is 10.9 Å². The molecule has 92 valence electrons. The number of hydrogen-bond donors (Lipinski definition) is 2. The Balaban J connectivity index is 2.04. The van der Waals surface area contributed by atoms with E-state index < -0.39 is 0 Å². The van der Waals surface area contributed by atoms with E-state index in [1.165, 1.54) is 19.0 Å². The molecule has 18 heavy (non-hydrogen) atoms. The van der Waals surface area contributed by atoms with Gasteiger partial charge in [-0.3, -0.25) is 0 Å². The fourth-order valence-corrected chi connectivity index (χ4v) is 1.80. The van der Waals surface area contributed by atoms with Gasteiger partial charge in [0.05, 0.1) is 17.5 Å². The van der Waals surface area contributed by atoms with Gasteiger partial charge in [0, 0.05) is 12.1 Å². The van der Waals surface area contributed by atoms with Crippen LogP contribution in [0.25, 0.3) is 5.82 Å². The summed E-state index contributed by atoms with van der Waals surface area (Å²) >= 11 is 0. The number of nitrogens with two attached hydrogens (primary N) is 1. The first-order chi connectivity index (χ1) is 8.79. The molecule has 3 rings (SSSR count). The van der Waals surface area contributed by atoms with Crippen molar-refractivity contribution in [3.8, 4) is 5.82 Å². The Kier molecular flexibility index (Phi) is 2.44. The second kappa shape index (κ2) is 4.10. The minimum absolute atomic E-state index is 0.0108. The summed E-state index contributed by atoms with van der Waals surface area (Å²) in [5.41, 5.74) is 7.15. The maximum atomic E-state index is 8.75. The molecule has 1 fully saturated rings. The molecule has 2 aromatic rings. The number of aromatic nitrogens is 4. The molecule has 0 aliphatic heterocycles. The quantitative estimate of drug-likeness (QED) is 0.357. The molecule has 0 radical (unpaired) electrons. The highest BCUT2D eigenvalue weighted by molar-refractivity contribution is 5.99. The first-order valence-corrected chi connectivity index (χ1v) is 5.65. The zero-order chi connectivity index (χ0) is 12.5. The average molecular weight is 244 g/mol. The fourth-order valence-electron chi connectivity index (χ4n) is 1.80. The predicted octanol–water partition coefficient (Wildman–Crippen LogP) is 0.634. The molecule has 1 aliphatic carbocycles. The molecule has 2 aromatic heterocycles. The van der Waals surface area contributed by atoms with Crippen LogP contribution < -0.4 is 5.73 Å². The third-order valence-corrected chi connectivity index (χ3v) is 2.91. The molecule has 1 saturated carbocycles. The molecule has 0 aromatic carbocycles. The van der Waals surface area contributed by atoms with Crippen molar-refractivity contribution in [3.63, 3.8) is 0 Å². The number of oxime groups is 1. The van der Waals surface area contributed by atoms with E-state index in [0.717, 1.165) is 5.69 Å². The lowest BCUT2D eigenvalue weighted by molar-refractivity contribution is 0.318. The molecule has 7 heteroatoms. The molecule has 7 nitrogen and oxygen atoms in total. The number of nitrogens with zero attached hydrogens (tertiary/aromatic N) is 5. The Morgan fingerprint density at radius 1 is 1.44 bits per heavy atom. The van der Waals surface area contributed by atoms with Crippen LogP contribution >= 0.6 is 0 Å². The molecule has 0 spiro atoms. The molecule has 0 saturated heterocycles. The van der Waals surface area contributed by atoms with Crippen molar-refractivity contribution in [2.24, 2.45) is 10.9 Å². The van der Waals surface area contributed by atoms with Crippen LogP contribution in [-0.4, -0.2) is 31.0 Å². The molecular weight excluding hydrogens is 232 g/mol. The fraction of sp³-hybridized carbons (Fsp3) is 0.273. The normalized spacial score (nSPS) is 15.9. The smallest absolute Gasteiger partial charge is 0.186 e. The lowest BCUT2D eigenvalue weighted by atomic mass is 10.2. The Labute approximate surface area is 103 Å². The van der Waals surface area contributed by atoms with Gasteiger partial charge in [-0.2, -0.15) is 10.2 Å². The molecule has 0 unspecified atom stereocenters. The van der Waals surface area contributed by atoms with Gasteiger partial charge in [0.2, 0.25) is 0 Å². The van der Waals surface area contributed by atoms with Gasteiger partial charge >= 0.3 is 0 Å². The van der Waals surface area contributed by atoms with Crippen molar-refractivity contribution < 1.29 is 5.21 Å². The van der Waals surface area contributed by atoms with Crippen LogP contribution in [0.2, 0.25) is 0 Å². The Morgan fingerprint density at radius 3 is 3.00 bits per heavy atom. The summed E-state index contributed by atoms with van der Waals surface area (Å²) < 4.78 is 1.61. The SMILES string of the molecule is N/C(=N/O)c1ccnnc1-n1ccc(C2CC2)n1. The van der Waals surface area contributed by atoms with Crippen LogP contribution in [-0.2, 0) is 0 Å². The van der Waals surface area contributed by atoms with Crippen molar-refractivity contribution in [1.29, 1.82) is 0 Å². The standard InChI is InChI=1S/C11H12N6O/c12-10(16-18)8-3-5-13-14-11(8)17-6-4-9(15-17)7-1-2-7/h3-7,18H,1-2H2,(H2,12,16). The predicted molar refractivity (Wildman–Crippen MR) is 63.6 cm³/mol. The van der Waals surface area contributed by atoms with Gasteiger partial charge in [-0.05, 0) is 25.0 Å². The van der Waals surface area contributed by atoms with Crippen molar-refractivity contribution in [2.45, 2.75) is 18.8 Å². The summed E-state index contributed by atoms with van der Waals surface area (Å²) in [6.45, 7) is 0.